The second kappa shape index (κ2) is 7.42. The Hall–Kier alpha value is -2.84. The molecule has 3 rings (SSSR count). The minimum Gasteiger partial charge on any atom is -0.503 e. The molecule has 2 aromatic rings. The number of amides is 4. The third-order valence-corrected chi connectivity index (χ3v) is 4.58. The Morgan fingerprint density at radius 3 is 2.48 bits per heavy atom. The number of imide groups is 2. The Balaban J connectivity index is 2.04. The molecule has 1 fully saturated rings. The van der Waals surface area contributed by atoms with E-state index in [0.717, 1.165) is 9.37 Å². The van der Waals surface area contributed by atoms with Gasteiger partial charge in [-0.05, 0) is 48.0 Å². The first-order valence-corrected chi connectivity index (χ1v) is 8.72. The smallest absolute Gasteiger partial charge is 0.335 e. The van der Waals surface area contributed by atoms with Gasteiger partial charge in [-0.25, -0.2) is 9.69 Å². The number of anilines is 1. The minimum absolute atomic E-state index is 0.00860. The molecule has 138 valence electrons. The maximum absolute atomic E-state index is 12.8. The van der Waals surface area contributed by atoms with Gasteiger partial charge in [0.15, 0.2) is 11.5 Å². The summed E-state index contributed by atoms with van der Waals surface area (Å²) in [5.41, 5.74) is 0.389. The summed E-state index contributed by atoms with van der Waals surface area (Å²) in [5.74, 6) is -1.79. The van der Waals surface area contributed by atoms with E-state index in [0.29, 0.717) is 11.3 Å². The van der Waals surface area contributed by atoms with Gasteiger partial charge in [0, 0.05) is 4.47 Å². The first kappa shape index (κ1) is 18.9. The topological polar surface area (TPSA) is 95.9 Å². The molecule has 1 aliphatic rings. The third kappa shape index (κ3) is 3.67. The Bertz CT molecular complexity index is 988. The Morgan fingerprint density at radius 1 is 1.19 bits per heavy atom. The largest absolute Gasteiger partial charge is 0.503 e. The molecule has 1 aliphatic heterocycles. The number of halogens is 2. The van der Waals surface area contributed by atoms with Gasteiger partial charge in [-0.15, -0.1) is 0 Å². The fourth-order valence-corrected chi connectivity index (χ4v) is 2.96. The fraction of sp³-hybridized carbons (Fsp3) is 0.0556. The van der Waals surface area contributed by atoms with E-state index >= 15 is 0 Å². The van der Waals surface area contributed by atoms with E-state index in [-0.39, 0.29) is 22.1 Å². The van der Waals surface area contributed by atoms with Crippen molar-refractivity contribution in [3.05, 3.63) is 57.0 Å². The number of hydrogen-bond acceptors (Lipinski definition) is 5. The third-order valence-electron chi connectivity index (χ3n) is 3.77. The molecule has 0 atom stereocenters. The van der Waals surface area contributed by atoms with E-state index in [1.807, 2.05) is 0 Å². The van der Waals surface area contributed by atoms with Crippen molar-refractivity contribution in [2.45, 2.75) is 0 Å². The van der Waals surface area contributed by atoms with Gasteiger partial charge < -0.3 is 9.84 Å². The number of carbonyl (C=O) groups excluding carboxylic acids is 3. The molecule has 1 heterocycles. The quantitative estimate of drug-likeness (QED) is 0.550. The highest BCUT2D eigenvalue weighted by atomic mass is 79.9. The number of methoxy groups -OCH3 is 1. The number of ether oxygens (including phenoxy) is 1. The Labute approximate surface area is 167 Å². The monoisotopic (exact) mass is 450 g/mol. The van der Waals surface area contributed by atoms with Crippen LogP contribution in [0.3, 0.4) is 0 Å². The summed E-state index contributed by atoms with van der Waals surface area (Å²) in [6.45, 7) is 0. The maximum Gasteiger partial charge on any atom is 0.335 e. The first-order chi connectivity index (χ1) is 12.8. The maximum atomic E-state index is 12.8. The van der Waals surface area contributed by atoms with E-state index in [2.05, 4.69) is 21.2 Å². The molecule has 7 nitrogen and oxygen atoms in total. The highest BCUT2D eigenvalue weighted by molar-refractivity contribution is 9.10. The molecule has 0 aromatic heterocycles. The van der Waals surface area contributed by atoms with Crippen LogP contribution in [0.25, 0.3) is 6.08 Å². The van der Waals surface area contributed by atoms with Gasteiger partial charge in [-0.2, -0.15) is 0 Å². The molecular weight excluding hydrogens is 440 g/mol. The van der Waals surface area contributed by atoms with E-state index in [4.69, 9.17) is 16.3 Å². The van der Waals surface area contributed by atoms with Crippen molar-refractivity contribution in [3.8, 4) is 11.5 Å². The number of barbiturate groups is 1. The Morgan fingerprint density at radius 2 is 1.85 bits per heavy atom. The van der Waals surface area contributed by atoms with Crippen LogP contribution < -0.4 is 15.0 Å². The summed E-state index contributed by atoms with van der Waals surface area (Å²) in [6, 6.07) is 8.40. The van der Waals surface area contributed by atoms with E-state index in [1.165, 1.54) is 25.3 Å². The second-order valence-corrected chi connectivity index (χ2v) is 6.81. The van der Waals surface area contributed by atoms with Crippen LogP contribution in [0.4, 0.5) is 10.5 Å². The van der Waals surface area contributed by atoms with E-state index in [1.54, 1.807) is 24.3 Å². The van der Waals surface area contributed by atoms with Crippen LogP contribution in [0.5, 0.6) is 11.5 Å². The summed E-state index contributed by atoms with van der Waals surface area (Å²) in [7, 11) is 1.34. The lowest BCUT2D eigenvalue weighted by Gasteiger charge is -2.26. The van der Waals surface area contributed by atoms with Gasteiger partial charge in [0.2, 0.25) is 0 Å². The summed E-state index contributed by atoms with van der Waals surface area (Å²) in [6.07, 6.45) is 1.27. The molecule has 4 amide bonds. The number of phenols is 1. The van der Waals surface area contributed by atoms with E-state index < -0.39 is 17.8 Å². The van der Waals surface area contributed by atoms with Crippen LogP contribution in [0.2, 0.25) is 5.02 Å². The van der Waals surface area contributed by atoms with Crippen molar-refractivity contribution in [1.82, 2.24) is 5.32 Å². The van der Waals surface area contributed by atoms with Gasteiger partial charge >= 0.3 is 6.03 Å². The normalized spacial score (nSPS) is 15.9. The molecule has 0 radical (unpaired) electrons. The number of hydrogen-bond donors (Lipinski definition) is 2. The minimum atomic E-state index is -0.842. The molecule has 1 saturated heterocycles. The standard InChI is InChI=1S/C18H12BrClN2O5/c1-27-14-8-9(7-13(20)15(14)23)6-12-16(24)21-18(26)22(17(12)25)11-4-2-10(19)3-5-11/h2-8,23H,1H3,(H,21,24,26). The summed E-state index contributed by atoms with van der Waals surface area (Å²) >= 11 is 9.21. The average molecular weight is 452 g/mol. The molecule has 0 unspecified atom stereocenters. The lowest BCUT2D eigenvalue weighted by molar-refractivity contribution is -0.122. The number of phenolic OH excluding ortho intramolecular Hbond substituents is 1. The van der Waals surface area contributed by atoms with Crippen molar-refractivity contribution in [3.63, 3.8) is 0 Å². The summed E-state index contributed by atoms with van der Waals surface area (Å²) in [5, 5.41) is 11.9. The molecule has 27 heavy (non-hydrogen) atoms. The van der Waals surface area contributed by atoms with Gasteiger partial charge in [-0.1, -0.05) is 27.5 Å². The average Bonchev–Trinajstić information content (AvgIpc) is 2.62. The van der Waals surface area contributed by atoms with Gasteiger partial charge in [0.1, 0.15) is 5.57 Å². The molecule has 9 heteroatoms. The number of aromatic hydroxyl groups is 1. The van der Waals surface area contributed by atoms with Crippen LogP contribution in [0.15, 0.2) is 46.4 Å². The molecule has 0 aliphatic carbocycles. The van der Waals surface area contributed by atoms with Crippen LogP contribution in [0, 0.1) is 0 Å². The number of carbonyl (C=O) groups is 3. The highest BCUT2D eigenvalue weighted by Gasteiger charge is 2.36. The fourth-order valence-electron chi connectivity index (χ4n) is 2.48. The Kier molecular flexibility index (Phi) is 5.20. The summed E-state index contributed by atoms with van der Waals surface area (Å²) < 4.78 is 5.78. The predicted molar refractivity (Wildman–Crippen MR) is 103 cm³/mol. The molecule has 0 bridgehead atoms. The van der Waals surface area contributed by atoms with Gasteiger partial charge in [0.05, 0.1) is 17.8 Å². The number of urea groups is 1. The number of nitrogens with one attached hydrogen (secondary N) is 1. The SMILES string of the molecule is COc1cc(C=C2C(=O)NC(=O)N(c3ccc(Br)cc3)C2=O)cc(Cl)c1O. The van der Waals surface area contributed by atoms with Crippen molar-refractivity contribution in [2.24, 2.45) is 0 Å². The number of benzene rings is 2. The van der Waals surface area contributed by atoms with Crippen LogP contribution in [-0.4, -0.2) is 30.1 Å². The lowest BCUT2D eigenvalue weighted by atomic mass is 10.1. The van der Waals surface area contributed by atoms with Crippen molar-refractivity contribution in [2.75, 3.05) is 12.0 Å². The van der Waals surface area contributed by atoms with Crippen LogP contribution >= 0.6 is 27.5 Å². The van der Waals surface area contributed by atoms with Crippen LogP contribution in [-0.2, 0) is 9.59 Å². The molecular formula is C18H12BrClN2O5. The van der Waals surface area contributed by atoms with Crippen molar-refractivity contribution < 1.29 is 24.2 Å². The molecule has 0 saturated carbocycles. The predicted octanol–water partition coefficient (Wildman–Crippen LogP) is 3.48. The lowest BCUT2D eigenvalue weighted by Crippen LogP contribution is -2.54. The number of nitrogens with zero attached hydrogens (tertiary/aromatic N) is 1. The van der Waals surface area contributed by atoms with Crippen LogP contribution in [0.1, 0.15) is 5.56 Å². The molecule has 2 N–H and O–H groups in total. The zero-order valence-corrected chi connectivity index (χ0v) is 16.2. The van der Waals surface area contributed by atoms with Gasteiger partial charge in [0.25, 0.3) is 11.8 Å². The second-order valence-electron chi connectivity index (χ2n) is 5.49. The number of rotatable bonds is 3. The van der Waals surface area contributed by atoms with Crippen molar-refractivity contribution >= 4 is 57.1 Å². The van der Waals surface area contributed by atoms with Gasteiger partial charge in [-0.3, -0.25) is 14.9 Å². The van der Waals surface area contributed by atoms with E-state index in [9.17, 15) is 19.5 Å². The molecule has 0 spiro atoms. The zero-order chi connectivity index (χ0) is 19.7. The summed E-state index contributed by atoms with van der Waals surface area (Å²) in [4.78, 5) is 38.0. The van der Waals surface area contributed by atoms with Crippen molar-refractivity contribution in [1.29, 1.82) is 0 Å². The molecule has 2 aromatic carbocycles. The zero-order valence-electron chi connectivity index (χ0n) is 13.8. The first-order valence-electron chi connectivity index (χ1n) is 7.55. The highest BCUT2D eigenvalue weighted by Crippen LogP contribution is 2.36.